The Labute approximate surface area is 379 Å². The molecular formula is C61H43N3O. The summed E-state index contributed by atoms with van der Waals surface area (Å²) in [7, 11) is 0. The van der Waals surface area contributed by atoms with Crippen molar-refractivity contribution in [2.45, 2.75) is 26.2 Å². The van der Waals surface area contributed by atoms with Gasteiger partial charge in [0.05, 0.1) is 11.1 Å². The van der Waals surface area contributed by atoms with E-state index in [1.54, 1.807) is 0 Å². The Balaban J connectivity index is 0.963. The average molecular weight is 834 g/mol. The minimum absolute atomic E-state index is 0.620. The maximum absolute atomic E-state index is 7.05. The summed E-state index contributed by atoms with van der Waals surface area (Å²) >= 11 is 0. The van der Waals surface area contributed by atoms with Gasteiger partial charge in [0.1, 0.15) is 11.5 Å². The molecule has 2 aliphatic rings. The van der Waals surface area contributed by atoms with Crippen LogP contribution in [0.4, 0.5) is 0 Å². The highest BCUT2D eigenvalue weighted by atomic mass is 16.5. The Bertz CT molecular complexity index is 3480. The summed E-state index contributed by atoms with van der Waals surface area (Å²) in [4.78, 5) is 14.9. The number of para-hydroxylation sites is 2. The number of hydrogen-bond acceptors (Lipinski definition) is 4. The molecular weight excluding hydrogens is 791 g/mol. The molecule has 0 saturated heterocycles. The Morgan fingerprint density at radius 1 is 0.385 bits per heavy atom. The number of aromatic nitrogens is 3. The molecule has 1 spiro atoms. The van der Waals surface area contributed by atoms with Crippen LogP contribution in [-0.2, 0) is 5.41 Å². The molecule has 12 rings (SSSR count). The zero-order chi connectivity index (χ0) is 43.6. The van der Waals surface area contributed by atoms with Gasteiger partial charge in [0.2, 0.25) is 0 Å². The monoisotopic (exact) mass is 833 g/mol. The molecule has 3 heterocycles. The van der Waals surface area contributed by atoms with E-state index in [4.69, 9.17) is 14.7 Å². The molecule has 0 amide bonds. The molecule has 1 aliphatic carbocycles. The maximum Gasteiger partial charge on any atom is 0.160 e. The molecule has 4 heteroatoms. The van der Waals surface area contributed by atoms with E-state index < -0.39 is 5.41 Å². The molecule has 8 aromatic carbocycles. The van der Waals surface area contributed by atoms with E-state index in [9.17, 15) is 0 Å². The molecule has 0 saturated carbocycles. The lowest BCUT2D eigenvalue weighted by atomic mass is 9.65. The summed E-state index contributed by atoms with van der Waals surface area (Å²) in [5.74, 6) is 2.44. The van der Waals surface area contributed by atoms with Crippen LogP contribution in [0.25, 0.3) is 78.3 Å². The fourth-order valence-corrected chi connectivity index (χ4v) is 10.3. The summed E-state index contributed by atoms with van der Waals surface area (Å²) in [5, 5.41) is 0. The van der Waals surface area contributed by atoms with Crippen LogP contribution in [0.1, 0.15) is 39.2 Å². The van der Waals surface area contributed by atoms with E-state index in [0.29, 0.717) is 5.82 Å². The summed E-state index contributed by atoms with van der Waals surface area (Å²) in [6.07, 6.45) is 1.92. The highest BCUT2D eigenvalue weighted by Crippen LogP contribution is 2.63. The number of rotatable bonds is 6. The largest absolute Gasteiger partial charge is 0.456 e. The first-order valence-electron chi connectivity index (χ1n) is 22.2. The molecule has 0 bridgehead atoms. The third-order valence-electron chi connectivity index (χ3n) is 13.3. The second kappa shape index (κ2) is 15.3. The summed E-state index contributed by atoms with van der Waals surface area (Å²) in [6, 6.07) is 71.9. The molecule has 1 atom stereocenters. The first-order valence-corrected chi connectivity index (χ1v) is 22.2. The van der Waals surface area contributed by atoms with Gasteiger partial charge in [0.25, 0.3) is 0 Å². The Hall–Kier alpha value is -8.21. The highest BCUT2D eigenvalue weighted by Gasteiger charge is 2.51. The van der Waals surface area contributed by atoms with Crippen LogP contribution in [0.2, 0.25) is 0 Å². The van der Waals surface area contributed by atoms with E-state index in [0.717, 1.165) is 84.2 Å². The maximum atomic E-state index is 7.05. The Kier molecular flexibility index (Phi) is 9.03. The topological polar surface area (TPSA) is 47.9 Å². The second-order valence-corrected chi connectivity index (χ2v) is 17.3. The van der Waals surface area contributed by atoms with Gasteiger partial charge < -0.3 is 4.74 Å². The molecule has 1 unspecified atom stereocenters. The normalized spacial score (nSPS) is 14.3. The summed E-state index contributed by atoms with van der Waals surface area (Å²) in [6.45, 7) is 6.21. The van der Waals surface area contributed by atoms with Crippen molar-refractivity contribution in [2.24, 2.45) is 0 Å². The average Bonchev–Trinajstić information content (AvgIpc) is 3.64. The lowest BCUT2D eigenvalue weighted by Gasteiger charge is -2.40. The van der Waals surface area contributed by atoms with Crippen molar-refractivity contribution in [2.75, 3.05) is 0 Å². The smallest absolute Gasteiger partial charge is 0.160 e. The number of pyridine rings is 1. The van der Waals surface area contributed by atoms with E-state index in [1.165, 1.54) is 38.9 Å². The predicted molar refractivity (Wildman–Crippen MR) is 264 cm³/mol. The van der Waals surface area contributed by atoms with Crippen molar-refractivity contribution >= 4 is 0 Å². The molecule has 2 aromatic heterocycles. The van der Waals surface area contributed by atoms with Gasteiger partial charge in [-0.25, -0.2) is 9.97 Å². The first kappa shape index (κ1) is 38.5. The zero-order valence-electron chi connectivity index (χ0n) is 36.4. The van der Waals surface area contributed by atoms with Gasteiger partial charge in [-0.2, -0.15) is 0 Å². The van der Waals surface area contributed by atoms with Gasteiger partial charge in [0.15, 0.2) is 5.82 Å². The highest BCUT2D eigenvalue weighted by molar-refractivity contribution is 5.92. The second-order valence-electron chi connectivity index (χ2n) is 17.3. The third kappa shape index (κ3) is 6.24. The molecule has 1 aliphatic heterocycles. The zero-order valence-corrected chi connectivity index (χ0v) is 36.4. The minimum Gasteiger partial charge on any atom is -0.456 e. The molecule has 0 fully saturated rings. The van der Waals surface area contributed by atoms with E-state index in [-0.39, 0.29) is 0 Å². The van der Waals surface area contributed by atoms with E-state index in [1.807, 2.05) is 6.20 Å². The van der Waals surface area contributed by atoms with Crippen molar-refractivity contribution < 1.29 is 4.74 Å². The van der Waals surface area contributed by atoms with Crippen molar-refractivity contribution in [3.8, 4) is 89.8 Å². The van der Waals surface area contributed by atoms with Crippen LogP contribution in [0.15, 0.2) is 206 Å². The molecule has 0 N–H and O–H groups in total. The molecule has 308 valence electrons. The minimum atomic E-state index is -0.620. The van der Waals surface area contributed by atoms with Gasteiger partial charge >= 0.3 is 0 Å². The molecule has 4 nitrogen and oxygen atoms in total. The number of aryl methyl sites for hydroxylation is 3. The predicted octanol–water partition coefficient (Wildman–Crippen LogP) is 15.3. The SMILES string of the molecule is Cc1cnc(C)c(-c2ccc(-c3ccc(-c4cccc5c4Oc4ccccc4C54c5ccccc5-c5cc(-c6nc(C)cc(-c7ccccc7-c7ccccc7)n6)ccc54)cc3)cc2)c1. The number of hydrogen-bond donors (Lipinski definition) is 0. The number of ether oxygens (including phenoxy) is 1. The van der Waals surface area contributed by atoms with Gasteiger partial charge in [-0.1, -0.05) is 176 Å². The standard InChI is InChI=1S/C61H43N3O/c1-38-34-51(40(3)62-37-38)45-30-26-42(27-31-45)41-24-28-44(29-25-41)48-19-13-22-56-59(48)65-58-23-12-11-21-55(58)61(56)53-20-10-9-17-49(53)52-36-46(32-33-54(52)61)60-63-39(2)35-57(64-60)50-18-8-7-16-47(50)43-14-5-4-6-15-43/h4-37H,1-3H3. The summed E-state index contributed by atoms with van der Waals surface area (Å²) in [5.41, 5.74) is 21.7. The van der Waals surface area contributed by atoms with Gasteiger partial charge in [0, 0.05) is 51.0 Å². The number of fused-ring (bicyclic) bond motifs is 9. The van der Waals surface area contributed by atoms with Crippen LogP contribution in [0.3, 0.4) is 0 Å². The van der Waals surface area contributed by atoms with E-state index >= 15 is 0 Å². The van der Waals surface area contributed by atoms with Crippen LogP contribution in [-0.4, -0.2) is 15.0 Å². The quantitative estimate of drug-likeness (QED) is 0.167. The van der Waals surface area contributed by atoms with Crippen LogP contribution < -0.4 is 4.74 Å². The van der Waals surface area contributed by atoms with Crippen molar-refractivity contribution in [1.29, 1.82) is 0 Å². The van der Waals surface area contributed by atoms with E-state index in [2.05, 4.69) is 226 Å². The van der Waals surface area contributed by atoms with Crippen molar-refractivity contribution in [3.63, 3.8) is 0 Å². The lowest BCUT2D eigenvalue weighted by Crippen LogP contribution is -2.32. The molecule has 0 radical (unpaired) electrons. The first-order chi connectivity index (χ1) is 31.9. The van der Waals surface area contributed by atoms with Crippen LogP contribution >= 0.6 is 0 Å². The molecule has 65 heavy (non-hydrogen) atoms. The number of benzene rings is 8. The molecule has 10 aromatic rings. The number of nitrogens with zero attached hydrogens (tertiary/aromatic N) is 3. The fraction of sp³-hybridized carbons (Fsp3) is 0.0656. The van der Waals surface area contributed by atoms with Gasteiger partial charge in [-0.3, -0.25) is 4.98 Å². The van der Waals surface area contributed by atoms with Crippen molar-refractivity contribution in [1.82, 2.24) is 15.0 Å². The lowest BCUT2D eigenvalue weighted by molar-refractivity contribution is 0.438. The Morgan fingerprint density at radius 2 is 0.954 bits per heavy atom. The van der Waals surface area contributed by atoms with Crippen molar-refractivity contribution in [3.05, 3.63) is 246 Å². The van der Waals surface area contributed by atoms with Crippen LogP contribution in [0.5, 0.6) is 11.5 Å². The van der Waals surface area contributed by atoms with Gasteiger partial charge in [-0.05, 0) is 106 Å². The Morgan fingerprint density at radius 3 is 1.72 bits per heavy atom. The van der Waals surface area contributed by atoms with Crippen LogP contribution in [0, 0.1) is 20.8 Å². The summed E-state index contributed by atoms with van der Waals surface area (Å²) < 4.78 is 7.05. The fourth-order valence-electron chi connectivity index (χ4n) is 10.3. The third-order valence-corrected chi connectivity index (χ3v) is 13.3. The van der Waals surface area contributed by atoms with Gasteiger partial charge in [-0.15, -0.1) is 0 Å².